The van der Waals surface area contributed by atoms with E-state index in [-0.39, 0.29) is 22.9 Å². The standard InChI is InChI=1S/C34H39N7O4S/c1-34(2,3)23-19-28(32(45-6)29(20-23)39-46(7,43)44)38-33(42)37-27-13-12-26(24-10-8-9-11-25(24)27)31(41-17-16-35-21-41)22-14-15-36-30(18-22)40(4)5/h8-21,31,39H,1-7H3,(H2,37,38,42). The van der Waals surface area contributed by atoms with Crippen molar-refractivity contribution in [3.8, 4) is 5.75 Å². The summed E-state index contributed by atoms with van der Waals surface area (Å²) in [6, 6.07) is 18.6. The van der Waals surface area contributed by atoms with Crippen molar-refractivity contribution >= 4 is 49.7 Å². The van der Waals surface area contributed by atoms with Gasteiger partial charge in [0.05, 0.1) is 42.8 Å². The quantitative estimate of drug-likeness (QED) is 0.168. The molecular weight excluding hydrogens is 602 g/mol. The largest absolute Gasteiger partial charge is 0.492 e. The van der Waals surface area contributed by atoms with Crippen LogP contribution in [0, 0.1) is 0 Å². The smallest absolute Gasteiger partial charge is 0.323 e. The number of hydrogen-bond acceptors (Lipinski definition) is 7. The zero-order valence-electron chi connectivity index (χ0n) is 27.0. The topological polar surface area (TPSA) is 130 Å². The van der Waals surface area contributed by atoms with Crippen LogP contribution in [-0.2, 0) is 15.4 Å². The van der Waals surface area contributed by atoms with Gasteiger partial charge >= 0.3 is 6.03 Å². The second-order valence-electron chi connectivity index (χ2n) is 12.3. The van der Waals surface area contributed by atoms with Gasteiger partial charge in [-0.3, -0.25) is 4.72 Å². The van der Waals surface area contributed by atoms with E-state index < -0.39 is 16.1 Å². The molecule has 0 radical (unpaired) electrons. The summed E-state index contributed by atoms with van der Waals surface area (Å²) in [5, 5.41) is 7.67. The molecule has 0 saturated carbocycles. The minimum Gasteiger partial charge on any atom is -0.492 e. The van der Waals surface area contributed by atoms with Crippen molar-refractivity contribution in [1.82, 2.24) is 14.5 Å². The van der Waals surface area contributed by atoms with Crippen LogP contribution in [0.5, 0.6) is 5.75 Å². The van der Waals surface area contributed by atoms with Crippen molar-refractivity contribution < 1.29 is 17.9 Å². The molecule has 1 unspecified atom stereocenters. The molecule has 2 heterocycles. The third-order valence-corrected chi connectivity index (χ3v) is 8.16. The fraction of sp³-hybridized carbons (Fsp3) is 0.265. The van der Waals surface area contributed by atoms with E-state index in [0.717, 1.165) is 39.5 Å². The van der Waals surface area contributed by atoms with Crippen LogP contribution in [0.2, 0.25) is 0 Å². The molecule has 0 aliphatic rings. The maximum Gasteiger partial charge on any atom is 0.323 e. The highest BCUT2D eigenvalue weighted by Crippen LogP contribution is 2.40. The molecule has 5 aromatic rings. The lowest BCUT2D eigenvalue weighted by atomic mass is 9.86. The van der Waals surface area contributed by atoms with E-state index in [1.54, 1.807) is 30.9 Å². The summed E-state index contributed by atoms with van der Waals surface area (Å²) < 4.78 is 34.4. The highest BCUT2D eigenvalue weighted by molar-refractivity contribution is 7.92. The summed E-state index contributed by atoms with van der Waals surface area (Å²) in [6.45, 7) is 6.00. The Morgan fingerprint density at radius 2 is 1.63 bits per heavy atom. The number of nitrogens with zero attached hydrogens (tertiary/aromatic N) is 4. The molecule has 12 heteroatoms. The van der Waals surface area contributed by atoms with Crippen molar-refractivity contribution in [2.75, 3.05) is 47.7 Å². The van der Waals surface area contributed by atoms with Gasteiger partial charge in [-0.1, -0.05) is 51.1 Å². The number of pyridine rings is 1. The molecule has 3 N–H and O–H groups in total. The van der Waals surface area contributed by atoms with Gasteiger partial charge in [-0.15, -0.1) is 0 Å². The molecule has 1 atom stereocenters. The van der Waals surface area contributed by atoms with Gasteiger partial charge in [-0.05, 0) is 57.8 Å². The van der Waals surface area contributed by atoms with E-state index in [2.05, 4.69) is 31.4 Å². The summed E-state index contributed by atoms with van der Waals surface area (Å²) >= 11 is 0. The lowest BCUT2D eigenvalue weighted by Gasteiger charge is -2.24. The van der Waals surface area contributed by atoms with Gasteiger partial charge in [0, 0.05) is 38.1 Å². The Labute approximate surface area is 269 Å². The third-order valence-electron chi connectivity index (χ3n) is 7.57. The monoisotopic (exact) mass is 641 g/mol. The van der Waals surface area contributed by atoms with Gasteiger partial charge in [0.15, 0.2) is 5.75 Å². The molecule has 0 saturated heterocycles. The van der Waals surface area contributed by atoms with Crippen LogP contribution in [0.15, 0.2) is 85.6 Å². The number of anilines is 4. The van der Waals surface area contributed by atoms with Crippen molar-refractivity contribution in [3.05, 3.63) is 102 Å². The number of carbonyl (C=O) groups excluding carboxylic acids is 1. The molecule has 0 fully saturated rings. The molecule has 0 bridgehead atoms. The lowest BCUT2D eigenvalue weighted by Crippen LogP contribution is -2.22. The molecular formula is C34H39N7O4S. The van der Waals surface area contributed by atoms with Gasteiger partial charge < -0.3 is 24.8 Å². The van der Waals surface area contributed by atoms with Gasteiger partial charge in [0.2, 0.25) is 10.0 Å². The average Bonchev–Trinajstić information content (AvgIpc) is 3.51. The SMILES string of the molecule is COc1c(NC(=O)Nc2ccc(C(c3ccnc(N(C)C)c3)n3ccnc3)c3ccccc23)cc(C(C)(C)C)cc1NS(C)(=O)=O. The summed E-state index contributed by atoms with van der Waals surface area (Å²) in [5.41, 5.74) is 3.69. The first kappa shape index (κ1) is 32.3. The molecule has 5 rings (SSSR count). The van der Waals surface area contributed by atoms with E-state index in [0.29, 0.717) is 11.4 Å². The minimum absolute atomic E-state index is 0.200. The second kappa shape index (κ2) is 12.7. The van der Waals surface area contributed by atoms with Crippen LogP contribution in [0.3, 0.4) is 0 Å². The number of nitrogens with one attached hydrogen (secondary N) is 3. The van der Waals surface area contributed by atoms with E-state index in [1.165, 1.54) is 7.11 Å². The third kappa shape index (κ3) is 7.07. The van der Waals surface area contributed by atoms with E-state index in [9.17, 15) is 13.2 Å². The van der Waals surface area contributed by atoms with Crippen LogP contribution >= 0.6 is 0 Å². The van der Waals surface area contributed by atoms with E-state index in [1.807, 2.05) is 93.0 Å². The molecule has 0 aliphatic carbocycles. The molecule has 0 aliphatic heterocycles. The fourth-order valence-corrected chi connectivity index (χ4v) is 5.93. The fourth-order valence-electron chi connectivity index (χ4n) is 5.38. The number of sulfonamides is 1. The van der Waals surface area contributed by atoms with Gasteiger partial charge in [0.25, 0.3) is 0 Å². The molecule has 46 heavy (non-hydrogen) atoms. The summed E-state index contributed by atoms with van der Waals surface area (Å²) in [7, 11) is 1.72. The minimum atomic E-state index is -3.61. The van der Waals surface area contributed by atoms with E-state index >= 15 is 0 Å². The lowest BCUT2D eigenvalue weighted by molar-refractivity contribution is 0.262. The van der Waals surface area contributed by atoms with Crippen LogP contribution in [0.25, 0.3) is 10.8 Å². The predicted molar refractivity (Wildman–Crippen MR) is 185 cm³/mol. The van der Waals surface area contributed by atoms with Crippen molar-refractivity contribution in [2.24, 2.45) is 0 Å². The van der Waals surface area contributed by atoms with Crippen LogP contribution in [0.1, 0.15) is 43.5 Å². The molecule has 2 aromatic heterocycles. The first-order valence-electron chi connectivity index (χ1n) is 14.7. The highest BCUT2D eigenvalue weighted by Gasteiger charge is 2.24. The number of urea groups is 1. The first-order valence-corrected chi connectivity index (χ1v) is 16.5. The zero-order chi connectivity index (χ0) is 33.2. The van der Waals surface area contributed by atoms with E-state index in [4.69, 9.17) is 4.74 Å². The van der Waals surface area contributed by atoms with Gasteiger partial charge in [-0.25, -0.2) is 23.2 Å². The van der Waals surface area contributed by atoms with Crippen molar-refractivity contribution in [3.63, 3.8) is 0 Å². The summed E-state index contributed by atoms with van der Waals surface area (Å²) in [4.78, 5) is 24.3. The number of fused-ring (bicyclic) bond motifs is 1. The summed E-state index contributed by atoms with van der Waals surface area (Å²) in [5.74, 6) is 1.04. The van der Waals surface area contributed by atoms with Crippen LogP contribution in [-0.4, -0.2) is 56.4 Å². The Bertz CT molecular complexity index is 1990. The number of ether oxygens (including phenoxy) is 1. The average molecular weight is 642 g/mol. The zero-order valence-corrected chi connectivity index (χ0v) is 27.8. The number of imidazole rings is 1. The number of hydrogen-bond donors (Lipinski definition) is 3. The maximum absolute atomic E-state index is 13.5. The van der Waals surface area contributed by atoms with Crippen molar-refractivity contribution in [2.45, 2.75) is 32.2 Å². The number of methoxy groups -OCH3 is 1. The number of carbonyl (C=O) groups is 1. The number of amides is 2. The highest BCUT2D eigenvalue weighted by atomic mass is 32.2. The Kier molecular flexibility index (Phi) is 8.93. The van der Waals surface area contributed by atoms with Crippen LogP contribution < -0.4 is 25.0 Å². The number of benzene rings is 3. The molecule has 11 nitrogen and oxygen atoms in total. The second-order valence-corrected chi connectivity index (χ2v) is 14.1. The Balaban J connectivity index is 1.54. The Morgan fingerprint density at radius 1 is 0.935 bits per heavy atom. The number of rotatable bonds is 9. The first-order chi connectivity index (χ1) is 21.7. The number of aromatic nitrogens is 3. The Morgan fingerprint density at radius 3 is 2.26 bits per heavy atom. The molecule has 0 spiro atoms. The molecule has 3 aromatic carbocycles. The predicted octanol–water partition coefficient (Wildman–Crippen LogP) is 6.46. The van der Waals surface area contributed by atoms with Gasteiger partial charge in [-0.2, -0.15) is 0 Å². The normalized spacial score (nSPS) is 12.4. The molecule has 2 amide bonds. The molecule has 240 valence electrons. The maximum atomic E-state index is 13.5. The van der Waals surface area contributed by atoms with Crippen LogP contribution in [0.4, 0.5) is 27.7 Å². The van der Waals surface area contributed by atoms with Crippen molar-refractivity contribution in [1.29, 1.82) is 0 Å². The van der Waals surface area contributed by atoms with Gasteiger partial charge in [0.1, 0.15) is 5.82 Å². The summed E-state index contributed by atoms with van der Waals surface area (Å²) in [6.07, 6.45) is 8.35. The Hall–Kier alpha value is -5.10.